The van der Waals surface area contributed by atoms with Gasteiger partial charge in [0.25, 0.3) is 0 Å². The average Bonchev–Trinajstić information content (AvgIpc) is 2.58. The highest BCUT2D eigenvalue weighted by atomic mass is 19.4. The van der Waals surface area contributed by atoms with E-state index in [0.717, 1.165) is 37.8 Å². The van der Waals surface area contributed by atoms with Gasteiger partial charge in [-0.25, -0.2) is 0 Å². The first-order valence-corrected chi connectivity index (χ1v) is 8.04. The molecule has 24 heavy (non-hydrogen) atoms. The van der Waals surface area contributed by atoms with E-state index in [-0.39, 0.29) is 18.6 Å². The number of aliphatic hydroxyl groups excluding tert-OH is 1. The molecule has 0 radical (unpaired) electrons. The SMILES string of the molecule is CN(C(=O)/C=C/c1ccc(C(F)(F)F)cc1)C1CCC(CO)CC1. The second-order valence-corrected chi connectivity index (χ2v) is 6.26. The summed E-state index contributed by atoms with van der Waals surface area (Å²) >= 11 is 0. The Balaban J connectivity index is 1.92. The van der Waals surface area contributed by atoms with Gasteiger partial charge in [0.2, 0.25) is 5.91 Å². The van der Waals surface area contributed by atoms with Gasteiger partial charge in [-0.15, -0.1) is 0 Å². The molecular weight excluding hydrogens is 319 g/mol. The Morgan fingerprint density at radius 2 is 1.79 bits per heavy atom. The van der Waals surface area contributed by atoms with Crippen molar-refractivity contribution in [2.45, 2.75) is 37.9 Å². The summed E-state index contributed by atoms with van der Waals surface area (Å²) in [4.78, 5) is 13.9. The Kier molecular flexibility index (Phi) is 6.04. The van der Waals surface area contributed by atoms with Crippen LogP contribution in [0.5, 0.6) is 0 Å². The predicted molar refractivity (Wildman–Crippen MR) is 86.1 cm³/mol. The Morgan fingerprint density at radius 3 is 2.29 bits per heavy atom. The number of aliphatic hydroxyl groups is 1. The third-order valence-corrected chi connectivity index (χ3v) is 4.63. The first kappa shape index (κ1) is 18.5. The van der Waals surface area contributed by atoms with E-state index >= 15 is 0 Å². The molecule has 1 aromatic rings. The van der Waals surface area contributed by atoms with Crippen molar-refractivity contribution < 1.29 is 23.1 Å². The predicted octanol–water partition coefficient (Wildman–Crippen LogP) is 3.73. The summed E-state index contributed by atoms with van der Waals surface area (Å²) in [6.45, 7) is 0.193. The lowest BCUT2D eigenvalue weighted by Crippen LogP contribution is -2.39. The highest BCUT2D eigenvalue weighted by molar-refractivity contribution is 5.91. The van der Waals surface area contributed by atoms with Crippen LogP contribution in [-0.4, -0.2) is 35.6 Å². The van der Waals surface area contributed by atoms with E-state index in [4.69, 9.17) is 5.11 Å². The molecule has 0 aromatic heterocycles. The molecule has 1 aromatic carbocycles. The van der Waals surface area contributed by atoms with Gasteiger partial charge >= 0.3 is 6.18 Å². The van der Waals surface area contributed by atoms with Crippen molar-refractivity contribution in [1.82, 2.24) is 4.90 Å². The zero-order valence-electron chi connectivity index (χ0n) is 13.6. The molecule has 3 nitrogen and oxygen atoms in total. The molecule has 1 saturated carbocycles. The monoisotopic (exact) mass is 341 g/mol. The van der Waals surface area contributed by atoms with Crippen LogP contribution in [-0.2, 0) is 11.0 Å². The Labute approximate surface area is 139 Å². The summed E-state index contributed by atoms with van der Waals surface area (Å²) in [5, 5.41) is 9.14. The van der Waals surface area contributed by atoms with Crippen LogP contribution in [0.2, 0.25) is 0 Å². The summed E-state index contributed by atoms with van der Waals surface area (Å²) in [5.41, 5.74) is -0.155. The zero-order valence-corrected chi connectivity index (χ0v) is 13.6. The van der Waals surface area contributed by atoms with Gasteiger partial charge in [-0.1, -0.05) is 12.1 Å². The van der Waals surface area contributed by atoms with Crippen molar-refractivity contribution in [2.24, 2.45) is 5.92 Å². The highest BCUT2D eigenvalue weighted by Crippen LogP contribution is 2.29. The van der Waals surface area contributed by atoms with Crippen LogP contribution in [0.15, 0.2) is 30.3 Å². The van der Waals surface area contributed by atoms with Gasteiger partial charge in [-0.3, -0.25) is 4.79 Å². The van der Waals surface area contributed by atoms with E-state index in [0.29, 0.717) is 11.5 Å². The molecule has 1 N–H and O–H groups in total. The fraction of sp³-hybridized carbons (Fsp3) is 0.500. The summed E-state index contributed by atoms with van der Waals surface area (Å²) in [7, 11) is 1.74. The quantitative estimate of drug-likeness (QED) is 0.848. The fourth-order valence-electron chi connectivity index (χ4n) is 2.96. The molecule has 1 amide bonds. The third-order valence-electron chi connectivity index (χ3n) is 4.63. The number of alkyl halides is 3. The van der Waals surface area contributed by atoms with E-state index in [1.54, 1.807) is 11.9 Å². The largest absolute Gasteiger partial charge is 0.416 e. The van der Waals surface area contributed by atoms with E-state index in [9.17, 15) is 18.0 Å². The molecule has 0 atom stereocenters. The molecule has 6 heteroatoms. The third kappa shape index (κ3) is 4.84. The summed E-state index contributed by atoms with van der Waals surface area (Å²) < 4.78 is 37.5. The molecular formula is C18H22F3NO2. The van der Waals surface area contributed by atoms with Gasteiger partial charge in [0.05, 0.1) is 5.56 Å². The first-order valence-electron chi connectivity index (χ1n) is 8.04. The smallest absolute Gasteiger partial charge is 0.396 e. The minimum Gasteiger partial charge on any atom is -0.396 e. The van der Waals surface area contributed by atoms with Gasteiger partial charge in [0.1, 0.15) is 0 Å². The maximum atomic E-state index is 12.5. The first-order chi connectivity index (χ1) is 11.3. The minimum atomic E-state index is -4.36. The van der Waals surface area contributed by atoms with E-state index in [1.165, 1.54) is 24.3 Å². The normalized spacial score (nSPS) is 21.9. The lowest BCUT2D eigenvalue weighted by atomic mass is 9.86. The minimum absolute atomic E-state index is 0.151. The number of hydrogen-bond acceptors (Lipinski definition) is 2. The molecule has 2 rings (SSSR count). The van der Waals surface area contributed by atoms with Crippen molar-refractivity contribution in [2.75, 3.05) is 13.7 Å². The van der Waals surface area contributed by atoms with Crippen LogP contribution in [0.4, 0.5) is 13.2 Å². The number of carbonyl (C=O) groups excluding carboxylic acids is 1. The van der Waals surface area contributed by atoms with Crippen LogP contribution in [0, 0.1) is 5.92 Å². The average molecular weight is 341 g/mol. The van der Waals surface area contributed by atoms with Crippen LogP contribution >= 0.6 is 0 Å². The summed E-state index contributed by atoms with van der Waals surface area (Å²) in [6, 6.07) is 4.85. The van der Waals surface area contributed by atoms with Gasteiger partial charge in [0, 0.05) is 25.8 Å². The number of rotatable bonds is 4. The topological polar surface area (TPSA) is 40.5 Å². The number of hydrogen-bond donors (Lipinski definition) is 1. The van der Waals surface area contributed by atoms with Crippen LogP contribution in [0.1, 0.15) is 36.8 Å². The maximum absolute atomic E-state index is 12.5. The number of likely N-dealkylation sites (N-methyl/N-ethyl adjacent to an activating group) is 1. The summed E-state index contributed by atoms with van der Waals surface area (Å²) in [5.74, 6) is 0.162. The van der Waals surface area contributed by atoms with Gasteiger partial charge < -0.3 is 10.0 Å². The van der Waals surface area contributed by atoms with Gasteiger partial charge in [0.15, 0.2) is 0 Å². The van der Waals surface area contributed by atoms with Crippen molar-refractivity contribution in [3.05, 3.63) is 41.5 Å². The second kappa shape index (κ2) is 7.83. The standard InChI is InChI=1S/C18H22F3NO2/c1-22(16-9-4-14(12-23)5-10-16)17(24)11-6-13-2-7-15(8-3-13)18(19,20)21/h2-3,6-8,11,14,16,23H,4-5,9-10,12H2,1H3/b11-6+. The number of carbonyl (C=O) groups is 1. The molecule has 0 unspecified atom stereocenters. The molecule has 1 aliphatic rings. The van der Waals surface area contributed by atoms with E-state index in [1.807, 2.05) is 0 Å². The number of halogens is 3. The molecule has 0 aliphatic heterocycles. The van der Waals surface area contributed by atoms with Crippen molar-refractivity contribution in [3.63, 3.8) is 0 Å². The lowest BCUT2D eigenvalue weighted by Gasteiger charge is -2.33. The maximum Gasteiger partial charge on any atom is 0.416 e. The Bertz CT molecular complexity index is 573. The fourth-order valence-corrected chi connectivity index (χ4v) is 2.96. The Morgan fingerprint density at radius 1 is 1.21 bits per heavy atom. The van der Waals surface area contributed by atoms with E-state index in [2.05, 4.69) is 0 Å². The molecule has 0 saturated heterocycles. The zero-order chi connectivity index (χ0) is 17.7. The molecule has 0 heterocycles. The van der Waals surface area contributed by atoms with Crippen molar-refractivity contribution in [1.29, 1.82) is 0 Å². The Hall–Kier alpha value is -1.82. The van der Waals surface area contributed by atoms with Gasteiger partial charge in [-0.05, 0) is 55.4 Å². The molecule has 0 bridgehead atoms. The summed E-state index contributed by atoms with van der Waals surface area (Å²) in [6.07, 6.45) is 2.09. The van der Waals surface area contributed by atoms with Crippen LogP contribution < -0.4 is 0 Å². The lowest BCUT2D eigenvalue weighted by molar-refractivity contribution is -0.137. The van der Waals surface area contributed by atoms with Crippen molar-refractivity contribution in [3.8, 4) is 0 Å². The second-order valence-electron chi connectivity index (χ2n) is 6.26. The molecule has 0 spiro atoms. The number of benzene rings is 1. The van der Waals surface area contributed by atoms with Crippen molar-refractivity contribution >= 4 is 12.0 Å². The number of nitrogens with zero attached hydrogens (tertiary/aromatic N) is 1. The van der Waals surface area contributed by atoms with Crippen LogP contribution in [0.25, 0.3) is 6.08 Å². The molecule has 132 valence electrons. The van der Waals surface area contributed by atoms with E-state index < -0.39 is 11.7 Å². The highest BCUT2D eigenvalue weighted by Gasteiger charge is 2.30. The molecule has 1 aliphatic carbocycles. The van der Waals surface area contributed by atoms with Gasteiger partial charge in [-0.2, -0.15) is 13.2 Å². The molecule has 1 fully saturated rings. The number of amides is 1. The van der Waals surface area contributed by atoms with Crippen LogP contribution in [0.3, 0.4) is 0 Å².